The van der Waals surface area contributed by atoms with Crippen LogP contribution < -0.4 is 5.32 Å². The lowest BCUT2D eigenvalue weighted by Crippen LogP contribution is -2.46. The maximum Gasteiger partial charge on any atom is 0.393 e. The van der Waals surface area contributed by atoms with E-state index in [1.165, 1.54) is 24.0 Å². The van der Waals surface area contributed by atoms with Gasteiger partial charge in [0.1, 0.15) is 0 Å². The van der Waals surface area contributed by atoms with Gasteiger partial charge in [-0.25, -0.2) is 0 Å². The second kappa shape index (κ2) is 7.99. The normalized spacial score (nSPS) is 22.5. The number of carbonyl (C=O) groups is 1. The van der Waals surface area contributed by atoms with Crippen LogP contribution in [0.3, 0.4) is 0 Å². The highest BCUT2D eigenvalue weighted by molar-refractivity contribution is 5.78. The van der Waals surface area contributed by atoms with E-state index in [1.807, 2.05) is 6.92 Å². The number of rotatable bonds is 4. The second-order valence-corrected chi connectivity index (χ2v) is 7.64. The van der Waals surface area contributed by atoms with E-state index in [0.29, 0.717) is 13.0 Å². The predicted molar refractivity (Wildman–Crippen MR) is 94.9 cm³/mol. The van der Waals surface area contributed by atoms with E-state index in [-0.39, 0.29) is 31.5 Å². The molecule has 0 radical (unpaired) electrons. The van der Waals surface area contributed by atoms with E-state index in [2.05, 4.69) is 23.5 Å². The van der Waals surface area contributed by atoms with Crippen molar-refractivity contribution >= 4 is 5.91 Å². The number of piperidine rings is 1. The maximum absolute atomic E-state index is 12.9. The molecule has 0 unspecified atom stereocenters. The fourth-order valence-corrected chi connectivity index (χ4v) is 4.06. The molecule has 1 heterocycles. The molecule has 6 heteroatoms. The zero-order chi connectivity index (χ0) is 18.7. The van der Waals surface area contributed by atoms with Crippen LogP contribution in [0.15, 0.2) is 18.2 Å². The van der Waals surface area contributed by atoms with Gasteiger partial charge in [-0.15, -0.1) is 0 Å². The average Bonchev–Trinajstić information content (AvgIpc) is 2.60. The Balaban J connectivity index is 1.54. The van der Waals surface area contributed by atoms with Crippen molar-refractivity contribution in [2.24, 2.45) is 5.92 Å². The molecule has 3 rings (SSSR count). The van der Waals surface area contributed by atoms with Crippen LogP contribution in [-0.2, 0) is 17.6 Å². The Morgan fingerprint density at radius 2 is 1.96 bits per heavy atom. The van der Waals surface area contributed by atoms with Gasteiger partial charge >= 0.3 is 6.18 Å². The summed E-state index contributed by atoms with van der Waals surface area (Å²) in [5.74, 6) is -1.53. The van der Waals surface area contributed by atoms with Crippen LogP contribution in [0.4, 0.5) is 13.2 Å². The molecule has 1 aliphatic carbocycles. The zero-order valence-electron chi connectivity index (χ0n) is 15.2. The Morgan fingerprint density at radius 3 is 2.69 bits per heavy atom. The monoisotopic (exact) mass is 368 g/mol. The van der Waals surface area contributed by atoms with Crippen molar-refractivity contribution < 1.29 is 18.0 Å². The Hall–Kier alpha value is -1.56. The molecule has 2 atom stereocenters. The number of amides is 1. The molecule has 2 aliphatic rings. The molecule has 1 aliphatic heterocycles. The smallest absolute Gasteiger partial charge is 0.348 e. The summed E-state index contributed by atoms with van der Waals surface area (Å²) in [7, 11) is 0. The van der Waals surface area contributed by atoms with E-state index in [0.717, 1.165) is 18.4 Å². The van der Waals surface area contributed by atoms with Gasteiger partial charge in [0.2, 0.25) is 5.91 Å². The topological polar surface area (TPSA) is 32.3 Å². The molecule has 1 aromatic carbocycles. The standard InChI is InChI=1S/C20H27F3N2O/c1-14(16-9-8-15-5-2-3-6-17(15)11-16)24-19(26)13-25-10-4-7-18(12-25)20(21,22)23/h8-9,11,14,18H,2-7,10,12-13H2,1H3,(H,24,26)/t14-,18-/m0/s1. The van der Waals surface area contributed by atoms with Crippen molar-refractivity contribution in [2.75, 3.05) is 19.6 Å². The molecule has 1 saturated heterocycles. The summed E-state index contributed by atoms with van der Waals surface area (Å²) in [6, 6.07) is 6.22. The van der Waals surface area contributed by atoms with Gasteiger partial charge in [-0.2, -0.15) is 13.2 Å². The number of halogens is 3. The van der Waals surface area contributed by atoms with Crippen LogP contribution in [-0.4, -0.2) is 36.6 Å². The van der Waals surface area contributed by atoms with E-state index in [4.69, 9.17) is 0 Å². The first-order valence-electron chi connectivity index (χ1n) is 9.53. The number of benzene rings is 1. The summed E-state index contributed by atoms with van der Waals surface area (Å²) >= 11 is 0. The van der Waals surface area contributed by atoms with Crippen molar-refractivity contribution in [3.8, 4) is 0 Å². The molecule has 1 N–H and O–H groups in total. The maximum atomic E-state index is 12.9. The molecule has 0 saturated carbocycles. The van der Waals surface area contributed by atoms with E-state index < -0.39 is 12.1 Å². The Morgan fingerprint density at radius 1 is 1.23 bits per heavy atom. The number of carbonyl (C=O) groups excluding carboxylic acids is 1. The van der Waals surface area contributed by atoms with Gasteiger partial charge in [-0.3, -0.25) is 9.69 Å². The summed E-state index contributed by atoms with van der Waals surface area (Å²) in [6.45, 7) is 2.43. The highest BCUT2D eigenvalue weighted by Crippen LogP contribution is 2.33. The third-order valence-electron chi connectivity index (χ3n) is 5.59. The third kappa shape index (κ3) is 4.78. The molecule has 0 aromatic heterocycles. The number of nitrogens with one attached hydrogen (secondary N) is 1. The second-order valence-electron chi connectivity index (χ2n) is 7.64. The van der Waals surface area contributed by atoms with Crippen molar-refractivity contribution in [2.45, 2.75) is 57.7 Å². The zero-order valence-corrected chi connectivity index (χ0v) is 15.2. The number of fused-ring (bicyclic) bond motifs is 1. The number of hydrogen-bond acceptors (Lipinski definition) is 2. The third-order valence-corrected chi connectivity index (χ3v) is 5.59. The number of hydrogen-bond donors (Lipinski definition) is 1. The van der Waals surface area contributed by atoms with Crippen molar-refractivity contribution in [1.82, 2.24) is 10.2 Å². The lowest BCUT2D eigenvalue weighted by atomic mass is 9.89. The lowest BCUT2D eigenvalue weighted by Gasteiger charge is -2.33. The molecule has 1 aromatic rings. The first-order chi connectivity index (χ1) is 12.3. The van der Waals surface area contributed by atoms with Gasteiger partial charge in [0.25, 0.3) is 0 Å². The van der Waals surface area contributed by atoms with Crippen LogP contribution >= 0.6 is 0 Å². The molecule has 0 spiro atoms. The van der Waals surface area contributed by atoms with Gasteiger partial charge in [-0.1, -0.05) is 18.2 Å². The quantitative estimate of drug-likeness (QED) is 0.871. The van der Waals surface area contributed by atoms with Crippen LogP contribution in [0.5, 0.6) is 0 Å². The van der Waals surface area contributed by atoms with Gasteiger partial charge < -0.3 is 5.32 Å². The molecule has 3 nitrogen and oxygen atoms in total. The molecular weight excluding hydrogens is 341 g/mol. The Bertz CT molecular complexity index is 644. The molecule has 26 heavy (non-hydrogen) atoms. The highest BCUT2D eigenvalue weighted by Gasteiger charge is 2.41. The van der Waals surface area contributed by atoms with E-state index in [1.54, 1.807) is 4.90 Å². The summed E-state index contributed by atoms with van der Waals surface area (Å²) in [5, 5.41) is 2.94. The predicted octanol–water partition coefficient (Wildman–Crippen LogP) is 4.02. The van der Waals surface area contributed by atoms with Crippen LogP contribution in [0, 0.1) is 5.92 Å². The molecule has 0 bridgehead atoms. The summed E-state index contributed by atoms with van der Waals surface area (Å²) < 4.78 is 38.7. The number of aryl methyl sites for hydroxylation is 2. The van der Waals surface area contributed by atoms with Crippen LogP contribution in [0.2, 0.25) is 0 Å². The van der Waals surface area contributed by atoms with E-state index in [9.17, 15) is 18.0 Å². The number of alkyl halides is 3. The fraction of sp³-hybridized carbons (Fsp3) is 0.650. The summed E-state index contributed by atoms with van der Waals surface area (Å²) in [6.07, 6.45) is 1.10. The minimum Gasteiger partial charge on any atom is -0.348 e. The molecular formula is C20H27F3N2O. The number of nitrogens with zero attached hydrogens (tertiary/aromatic N) is 1. The SMILES string of the molecule is C[C@H](NC(=O)CN1CCC[C@H](C(F)(F)F)C1)c1ccc2c(c1)CCCC2. The van der Waals surface area contributed by atoms with Gasteiger partial charge in [0.15, 0.2) is 0 Å². The lowest BCUT2D eigenvalue weighted by molar-refractivity contribution is -0.187. The molecule has 1 fully saturated rings. The Labute approximate surface area is 152 Å². The van der Waals surface area contributed by atoms with Crippen molar-refractivity contribution in [1.29, 1.82) is 0 Å². The first kappa shape index (κ1) is 19.2. The largest absolute Gasteiger partial charge is 0.393 e. The highest BCUT2D eigenvalue weighted by atomic mass is 19.4. The van der Waals surface area contributed by atoms with Crippen molar-refractivity contribution in [3.05, 3.63) is 34.9 Å². The van der Waals surface area contributed by atoms with Gasteiger partial charge in [0, 0.05) is 6.54 Å². The van der Waals surface area contributed by atoms with E-state index >= 15 is 0 Å². The van der Waals surface area contributed by atoms with Crippen molar-refractivity contribution in [3.63, 3.8) is 0 Å². The van der Waals surface area contributed by atoms with Gasteiger partial charge in [0.05, 0.1) is 18.5 Å². The molecule has 144 valence electrons. The Kier molecular flexibility index (Phi) is 5.90. The number of likely N-dealkylation sites (tertiary alicyclic amines) is 1. The minimum atomic E-state index is -4.18. The summed E-state index contributed by atoms with van der Waals surface area (Å²) in [4.78, 5) is 13.9. The van der Waals surface area contributed by atoms with Crippen LogP contribution in [0.1, 0.15) is 55.3 Å². The minimum absolute atomic E-state index is 0.0296. The van der Waals surface area contributed by atoms with Gasteiger partial charge in [-0.05, 0) is 68.7 Å². The molecule has 1 amide bonds. The first-order valence-corrected chi connectivity index (χ1v) is 9.53. The fourth-order valence-electron chi connectivity index (χ4n) is 4.06. The summed E-state index contributed by atoms with van der Waals surface area (Å²) in [5.41, 5.74) is 3.81. The average molecular weight is 368 g/mol. The van der Waals surface area contributed by atoms with Crippen LogP contribution in [0.25, 0.3) is 0 Å².